The van der Waals surface area contributed by atoms with Gasteiger partial charge in [0.2, 0.25) is 13.5 Å². The summed E-state index contributed by atoms with van der Waals surface area (Å²) in [6.07, 6.45) is 2.84. The Bertz CT molecular complexity index is 3150. The molecule has 12 heteroatoms. The van der Waals surface area contributed by atoms with Gasteiger partial charge in [0.1, 0.15) is 23.2 Å². The molecule has 378 valence electrons. The third-order valence-corrected chi connectivity index (χ3v) is 14.4. The molecule has 2 atom stereocenters. The maximum atomic E-state index is 13.6. The minimum Gasteiger partial charge on any atom is -0.454 e. The fourth-order valence-electron chi connectivity index (χ4n) is 10.4. The summed E-state index contributed by atoms with van der Waals surface area (Å²) in [5, 5.41) is 21.6. The van der Waals surface area contributed by atoms with E-state index in [1.807, 2.05) is 58.0 Å². The number of rotatable bonds is 13. The van der Waals surface area contributed by atoms with Gasteiger partial charge < -0.3 is 47.8 Å². The van der Waals surface area contributed by atoms with Crippen molar-refractivity contribution in [3.05, 3.63) is 119 Å². The van der Waals surface area contributed by atoms with Gasteiger partial charge in [-0.1, -0.05) is 79.7 Å². The molecule has 6 aromatic rings. The number of aliphatic hydroxyl groups excluding tert-OH is 2. The van der Waals surface area contributed by atoms with Crippen LogP contribution in [0.25, 0.3) is 21.8 Å². The second-order valence-corrected chi connectivity index (χ2v) is 22.1. The third-order valence-electron chi connectivity index (χ3n) is 14.4. The molecule has 12 nitrogen and oxygen atoms in total. The Morgan fingerprint density at radius 2 is 1.11 bits per heavy atom. The number of nitrogens with zero attached hydrogens (tertiary/aromatic N) is 2. The lowest BCUT2D eigenvalue weighted by molar-refractivity contribution is -0.139. The van der Waals surface area contributed by atoms with Crippen molar-refractivity contribution in [1.82, 2.24) is 9.13 Å². The maximum Gasteiger partial charge on any atom is 0.231 e. The highest BCUT2D eigenvalue weighted by Crippen LogP contribution is 2.53. The van der Waals surface area contributed by atoms with Crippen LogP contribution in [0.4, 0.5) is 0 Å². The van der Waals surface area contributed by atoms with E-state index >= 15 is 0 Å². The molecule has 3 aliphatic heterocycles. The molecule has 5 heterocycles. The monoisotopic (exact) mass is 973 g/mol. The van der Waals surface area contributed by atoms with Crippen molar-refractivity contribution >= 4 is 33.4 Å². The summed E-state index contributed by atoms with van der Waals surface area (Å²) in [6.45, 7) is 17.8. The summed E-state index contributed by atoms with van der Waals surface area (Å²) in [5.74, 6) is 1.13. The van der Waals surface area contributed by atoms with E-state index in [0.717, 1.165) is 75.4 Å². The Hall–Kier alpha value is -5.66. The van der Waals surface area contributed by atoms with Gasteiger partial charge in [-0.3, -0.25) is 9.59 Å². The van der Waals surface area contributed by atoms with Crippen molar-refractivity contribution in [3.8, 4) is 23.0 Å². The second kappa shape index (κ2) is 19.1. The van der Waals surface area contributed by atoms with Gasteiger partial charge in [-0.05, 0) is 122 Å². The van der Waals surface area contributed by atoms with Crippen LogP contribution in [0.3, 0.4) is 0 Å². The number of aromatic nitrogens is 2. The summed E-state index contributed by atoms with van der Waals surface area (Å²) in [5.41, 5.74) is 6.66. The first-order valence-corrected chi connectivity index (χ1v) is 25.1. The Morgan fingerprint density at radius 1 is 0.662 bits per heavy atom. The molecule has 0 amide bonds. The van der Waals surface area contributed by atoms with Gasteiger partial charge >= 0.3 is 0 Å². The van der Waals surface area contributed by atoms with Gasteiger partial charge in [0.25, 0.3) is 0 Å². The number of carbonyl (C=O) groups is 2. The summed E-state index contributed by atoms with van der Waals surface area (Å²) in [4.78, 5) is 27.1. The number of Topliss-reactive ketones (excluding diaryl/α,β-unsaturated/α-hetero) is 2. The van der Waals surface area contributed by atoms with Crippen LogP contribution in [0.1, 0.15) is 134 Å². The highest BCUT2D eigenvalue weighted by Gasteiger charge is 2.52. The lowest BCUT2D eigenvalue weighted by atomic mass is 9.87. The Labute approximate surface area is 423 Å². The molecule has 2 aromatic heterocycles. The second-order valence-electron chi connectivity index (χ2n) is 22.1. The van der Waals surface area contributed by atoms with Crippen LogP contribution < -0.4 is 18.9 Å². The average Bonchev–Trinajstić information content (AvgIpc) is 4.14. The van der Waals surface area contributed by atoms with Crippen LogP contribution in [0.15, 0.2) is 84.9 Å². The van der Waals surface area contributed by atoms with E-state index in [0.29, 0.717) is 55.5 Å². The predicted molar refractivity (Wildman–Crippen MR) is 275 cm³/mol. The van der Waals surface area contributed by atoms with Crippen molar-refractivity contribution in [1.29, 1.82) is 0 Å². The van der Waals surface area contributed by atoms with Gasteiger partial charge in [-0.25, -0.2) is 0 Å². The lowest BCUT2D eigenvalue weighted by Crippen LogP contribution is -2.26. The van der Waals surface area contributed by atoms with Crippen molar-refractivity contribution in [3.63, 3.8) is 0 Å². The lowest BCUT2D eigenvalue weighted by Gasteiger charge is -2.24. The van der Waals surface area contributed by atoms with Crippen LogP contribution in [-0.4, -0.2) is 75.6 Å². The number of aliphatic hydroxyl groups is 2. The molecule has 0 bridgehead atoms. The number of carbonyl (C=O) groups excluding carboxylic acids is 2. The minimum atomic E-state index is -2.19. The minimum absolute atomic E-state index is 0.0188. The summed E-state index contributed by atoms with van der Waals surface area (Å²) < 4.78 is 67.8. The van der Waals surface area contributed by atoms with E-state index in [1.54, 1.807) is 24.3 Å². The predicted octanol–water partition coefficient (Wildman–Crippen LogP) is 10.6. The van der Waals surface area contributed by atoms with Crippen LogP contribution in [0.2, 0.25) is 0 Å². The summed E-state index contributed by atoms with van der Waals surface area (Å²) >= 11 is 0. The van der Waals surface area contributed by atoms with Crippen LogP contribution in [0, 0.1) is 0 Å². The molecular formula is C59H72N2O10. The Balaban J connectivity index is 0.000000179. The van der Waals surface area contributed by atoms with Crippen molar-refractivity contribution in [2.24, 2.45) is 0 Å². The smallest absolute Gasteiger partial charge is 0.231 e. The standard InChI is InChI=1S/C30H35NO5.C27H31NO5.C2H6/c1-28(2,3)26-14-20-12-19(6-8-23(20)31(26)16-22-17-35-29(4,5)36-22)13-27(32)30(10-11-30)21-7-9-24-25(15-21)34-18-33-24;1-26(2,3)24-12-18-10-17(4-6-21(18)28(24)14-20(30)15-29)11-25(31)27(8-9-27)19-5-7-22-23(13-19)33-16-32-22;1-2/h6-9,12,14-15,22H,10-11,13,16-18H2,1-5H3;4-7,10,12-13,20,29-30H,8-9,11,14-16H2,1-3H3;1-2H3/t22-;20-;/m11./s1/i18D2;16D2;. The summed E-state index contributed by atoms with van der Waals surface area (Å²) in [7, 11) is 0. The van der Waals surface area contributed by atoms with Gasteiger partial charge in [0.05, 0.1) is 43.2 Å². The Kier molecular flexibility index (Phi) is 12.1. The van der Waals surface area contributed by atoms with Gasteiger partial charge in [0, 0.05) is 56.9 Å². The topological polar surface area (TPSA) is 140 Å². The van der Waals surface area contributed by atoms with Crippen molar-refractivity contribution in [2.75, 3.05) is 26.7 Å². The molecule has 0 unspecified atom stereocenters. The SMILES string of the molecule is CC.[2H]C1([2H])Oc2ccc(C3(C(=O)Cc4ccc5c(c4)cc(C(C)(C)C)n5C[C@@H](O)CO)CC3)cc2O1.[2H]C1([2H])Oc2ccc(C3(C(=O)Cc4ccc5c(c4)cc(C(C)(C)C)n5C[C@@H]4COC(C)(C)O4)CC3)cc2O1. The van der Waals surface area contributed by atoms with Crippen molar-refractivity contribution < 1.29 is 53.7 Å². The number of ketones is 2. The zero-order valence-electron chi connectivity index (χ0n) is 46.9. The van der Waals surface area contributed by atoms with Gasteiger partial charge in [0.15, 0.2) is 28.8 Å². The first-order valence-electron chi connectivity index (χ1n) is 27.1. The molecule has 0 spiro atoms. The van der Waals surface area contributed by atoms with E-state index in [4.69, 9.17) is 33.9 Å². The van der Waals surface area contributed by atoms with E-state index in [2.05, 4.69) is 81.0 Å². The van der Waals surface area contributed by atoms with Crippen LogP contribution in [-0.2, 0) is 66.7 Å². The van der Waals surface area contributed by atoms with E-state index in [1.165, 1.54) is 5.69 Å². The maximum absolute atomic E-state index is 13.6. The molecule has 1 saturated heterocycles. The molecule has 5 aliphatic rings. The quantitative estimate of drug-likeness (QED) is 0.115. The molecule has 3 fully saturated rings. The number of hydrogen-bond acceptors (Lipinski definition) is 10. The van der Waals surface area contributed by atoms with E-state index in [-0.39, 0.29) is 35.1 Å². The zero-order valence-corrected chi connectivity index (χ0v) is 42.9. The first kappa shape index (κ1) is 45.2. The van der Waals surface area contributed by atoms with Gasteiger partial charge in [-0.2, -0.15) is 0 Å². The normalized spacial score (nSPS) is 21.4. The Morgan fingerprint density at radius 3 is 1.54 bits per heavy atom. The first-order chi connectivity index (χ1) is 35.2. The highest BCUT2D eigenvalue weighted by molar-refractivity contribution is 5.96. The average molecular weight is 973 g/mol. The molecule has 71 heavy (non-hydrogen) atoms. The van der Waals surface area contributed by atoms with E-state index in [9.17, 15) is 19.8 Å². The fraction of sp³-hybridized carbons (Fsp3) is 0.492. The molecule has 0 radical (unpaired) electrons. The fourth-order valence-corrected chi connectivity index (χ4v) is 10.4. The number of benzene rings is 4. The molecule has 11 rings (SSSR count). The third kappa shape index (κ3) is 10.1. The largest absolute Gasteiger partial charge is 0.454 e. The highest BCUT2D eigenvalue weighted by atomic mass is 16.7. The molecule has 2 aliphatic carbocycles. The molecular weight excluding hydrogens is 897 g/mol. The van der Waals surface area contributed by atoms with Crippen LogP contribution >= 0.6 is 0 Å². The van der Waals surface area contributed by atoms with Crippen LogP contribution in [0.5, 0.6) is 23.0 Å². The number of ether oxygens (including phenoxy) is 6. The van der Waals surface area contributed by atoms with Gasteiger partial charge in [-0.15, -0.1) is 0 Å². The number of hydrogen-bond donors (Lipinski definition) is 2. The number of fused-ring (bicyclic) bond motifs is 4. The van der Waals surface area contributed by atoms with E-state index < -0.39 is 36.2 Å². The summed E-state index contributed by atoms with van der Waals surface area (Å²) in [6, 6.07) is 27.2. The molecule has 4 aromatic carbocycles. The van der Waals surface area contributed by atoms with Crippen molar-refractivity contribution in [2.45, 2.75) is 161 Å². The molecule has 2 N–H and O–H groups in total. The zero-order chi connectivity index (χ0) is 54.3. The molecule has 2 saturated carbocycles.